The average molecular weight is 279 g/mol. The lowest BCUT2D eigenvalue weighted by atomic mass is 10.0. The van der Waals surface area contributed by atoms with Gasteiger partial charge >= 0.3 is 0 Å². The monoisotopic (exact) mass is 279 g/mol. The summed E-state index contributed by atoms with van der Waals surface area (Å²) in [6, 6.07) is 8.61. The molecule has 0 bridgehead atoms. The third kappa shape index (κ3) is 3.90. The van der Waals surface area contributed by atoms with Gasteiger partial charge in [0.15, 0.2) is 0 Å². The molecule has 1 fully saturated rings. The molecule has 0 aliphatic heterocycles. The first-order valence-corrected chi connectivity index (χ1v) is 8.70. The van der Waals surface area contributed by atoms with Crippen LogP contribution in [0.25, 0.3) is 0 Å². The van der Waals surface area contributed by atoms with Crippen molar-refractivity contribution < 1.29 is 4.21 Å². The van der Waals surface area contributed by atoms with Crippen molar-refractivity contribution in [1.82, 2.24) is 5.32 Å². The Labute approximate surface area is 119 Å². The van der Waals surface area contributed by atoms with Gasteiger partial charge in [0, 0.05) is 27.8 Å². The van der Waals surface area contributed by atoms with Gasteiger partial charge in [0.2, 0.25) is 0 Å². The molecule has 0 amide bonds. The van der Waals surface area contributed by atoms with Crippen LogP contribution in [0, 0.1) is 6.92 Å². The third-order valence-corrected chi connectivity index (χ3v) is 6.04. The molecule has 0 radical (unpaired) electrons. The van der Waals surface area contributed by atoms with Crippen molar-refractivity contribution in [2.45, 2.75) is 50.3 Å². The Morgan fingerprint density at radius 2 is 1.95 bits per heavy atom. The number of nitrogens with one attached hydrogen (secondary N) is 1. The second-order valence-electron chi connectivity index (χ2n) is 5.51. The molecule has 2 nitrogen and oxygen atoms in total. The number of rotatable bonds is 5. The lowest BCUT2D eigenvalue weighted by Crippen LogP contribution is -2.29. The van der Waals surface area contributed by atoms with E-state index in [1.807, 2.05) is 7.05 Å². The smallest absolute Gasteiger partial charge is 0.0437 e. The highest BCUT2D eigenvalue weighted by atomic mass is 32.2. The topological polar surface area (TPSA) is 29.1 Å². The van der Waals surface area contributed by atoms with Crippen LogP contribution in [-0.2, 0) is 10.8 Å². The Kier molecular flexibility index (Phi) is 5.59. The quantitative estimate of drug-likeness (QED) is 0.895. The van der Waals surface area contributed by atoms with Crippen molar-refractivity contribution in [2.24, 2.45) is 0 Å². The maximum atomic E-state index is 12.5. The highest BCUT2D eigenvalue weighted by Crippen LogP contribution is 2.25. The van der Waals surface area contributed by atoms with Crippen molar-refractivity contribution in [3.8, 4) is 0 Å². The molecule has 2 rings (SSSR count). The Morgan fingerprint density at radius 3 is 2.58 bits per heavy atom. The molecule has 2 unspecified atom stereocenters. The van der Waals surface area contributed by atoms with Gasteiger partial charge in [0.1, 0.15) is 0 Å². The molecular weight excluding hydrogens is 254 g/mol. The van der Waals surface area contributed by atoms with Crippen LogP contribution in [0.1, 0.15) is 49.3 Å². The van der Waals surface area contributed by atoms with Crippen molar-refractivity contribution in [2.75, 3.05) is 12.8 Å². The van der Waals surface area contributed by atoms with Gasteiger partial charge in [-0.1, -0.05) is 43.5 Å². The molecule has 1 aliphatic carbocycles. The SMILES string of the molecule is CNC(CS(=O)C1CCCCC1)c1ccccc1C. The van der Waals surface area contributed by atoms with Crippen molar-refractivity contribution in [1.29, 1.82) is 0 Å². The van der Waals surface area contributed by atoms with Gasteiger partial charge < -0.3 is 5.32 Å². The van der Waals surface area contributed by atoms with E-state index in [9.17, 15) is 4.21 Å². The lowest BCUT2D eigenvalue weighted by molar-refractivity contribution is 0.502. The normalized spacial score (nSPS) is 20.1. The molecule has 106 valence electrons. The zero-order valence-corrected chi connectivity index (χ0v) is 12.8. The summed E-state index contributed by atoms with van der Waals surface area (Å²) in [6.45, 7) is 2.13. The Bertz CT molecular complexity index is 427. The first kappa shape index (κ1) is 14.7. The van der Waals surface area contributed by atoms with E-state index in [-0.39, 0.29) is 6.04 Å². The Morgan fingerprint density at radius 1 is 1.26 bits per heavy atom. The maximum absolute atomic E-state index is 12.5. The molecule has 3 heteroatoms. The molecule has 1 saturated carbocycles. The van der Waals surface area contributed by atoms with Crippen LogP contribution in [0.5, 0.6) is 0 Å². The highest BCUT2D eigenvalue weighted by Gasteiger charge is 2.23. The minimum atomic E-state index is -0.708. The van der Waals surface area contributed by atoms with Gasteiger partial charge in [-0.15, -0.1) is 0 Å². The van der Waals surface area contributed by atoms with Gasteiger partial charge in [0.05, 0.1) is 0 Å². The summed E-state index contributed by atoms with van der Waals surface area (Å²) in [5, 5.41) is 3.76. The van der Waals surface area contributed by atoms with Crippen molar-refractivity contribution in [3.63, 3.8) is 0 Å². The predicted octanol–water partition coefficient (Wildman–Crippen LogP) is 3.34. The summed E-state index contributed by atoms with van der Waals surface area (Å²) in [5.41, 5.74) is 2.57. The van der Waals surface area contributed by atoms with E-state index in [4.69, 9.17) is 0 Å². The molecule has 0 spiro atoms. The predicted molar refractivity (Wildman–Crippen MR) is 82.9 cm³/mol. The molecule has 1 aromatic carbocycles. The van der Waals surface area contributed by atoms with Gasteiger partial charge in [-0.2, -0.15) is 0 Å². The van der Waals surface area contributed by atoms with E-state index in [0.29, 0.717) is 5.25 Å². The van der Waals surface area contributed by atoms with Crippen LogP contribution in [0.15, 0.2) is 24.3 Å². The summed E-state index contributed by atoms with van der Waals surface area (Å²) in [7, 11) is 1.26. The standard InChI is InChI=1S/C16H25NOS/c1-13-8-6-7-11-15(13)16(17-2)12-19(18)14-9-4-3-5-10-14/h6-8,11,14,16-17H,3-5,9-10,12H2,1-2H3. The molecule has 2 atom stereocenters. The summed E-state index contributed by atoms with van der Waals surface area (Å²) in [6.07, 6.45) is 6.13. The molecule has 0 saturated heterocycles. The summed E-state index contributed by atoms with van der Waals surface area (Å²) >= 11 is 0. The minimum absolute atomic E-state index is 0.212. The van der Waals surface area contributed by atoms with Gasteiger partial charge in [0.25, 0.3) is 0 Å². The molecule has 0 aromatic heterocycles. The second kappa shape index (κ2) is 7.20. The van der Waals surface area contributed by atoms with E-state index < -0.39 is 10.8 Å². The highest BCUT2D eigenvalue weighted by molar-refractivity contribution is 7.85. The number of hydrogen-bond acceptors (Lipinski definition) is 2. The van der Waals surface area contributed by atoms with E-state index in [1.165, 1.54) is 30.4 Å². The molecule has 19 heavy (non-hydrogen) atoms. The Balaban J connectivity index is 2.02. The first-order chi connectivity index (χ1) is 9.22. The van der Waals surface area contributed by atoms with Crippen LogP contribution < -0.4 is 5.32 Å². The largest absolute Gasteiger partial charge is 0.312 e. The number of aryl methyl sites for hydroxylation is 1. The van der Waals surface area contributed by atoms with E-state index in [2.05, 4.69) is 36.5 Å². The molecular formula is C16H25NOS. The van der Waals surface area contributed by atoms with Gasteiger partial charge in [-0.05, 0) is 37.9 Å². The zero-order chi connectivity index (χ0) is 13.7. The third-order valence-electron chi connectivity index (χ3n) is 4.17. The van der Waals surface area contributed by atoms with E-state index >= 15 is 0 Å². The van der Waals surface area contributed by atoms with E-state index in [0.717, 1.165) is 18.6 Å². The van der Waals surface area contributed by atoms with E-state index in [1.54, 1.807) is 0 Å². The average Bonchev–Trinajstić information content (AvgIpc) is 2.46. The van der Waals surface area contributed by atoms with Crippen LogP contribution in [-0.4, -0.2) is 22.3 Å². The summed E-state index contributed by atoms with van der Waals surface area (Å²) in [5.74, 6) is 0.742. The van der Waals surface area contributed by atoms with Crippen molar-refractivity contribution >= 4 is 10.8 Å². The van der Waals surface area contributed by atoms with Crippen LogP contribution in [0.4, 0.5) is 0 Å². The maximum Gasteiger partial charge on any atom is 0.0437 e. The first-order valence-electron chi connectivity index (χ1n) is 7.32. The number of hydrogen-bond donors (Lipinski definition) is 1. The summed E-state index contributed by atoms with van der Waals surface area (Å²) < 4.78 is 12.5. The van der Waals surface area contributed by atoms with Gasteiger partial charge in [-0.3, -0.25) is 4.21 Å². The second-order valence-corrected chi connectivity index (χ2v) is 7.27. The molecule has 1 aliphatic rings. The van der Waals surface area contributed by atoms with Crippen molar-refractivity contribution in [3.05, 3.63) is 35.4 Å². The molecule has 1 aromatic rings. The van der Waals surface area contributed by atoms with Gasteiger partial charge in [-0.25, -0.2) is 0 Å². The minimum Gasteiger partial charge on any atom is -0.312 e. The van der Waals surface area contributed by atoms with Crippen LogP contribution in [0.2, 0.25) is 0 Å². The fraction of sp³-hybridized carbons (Fsp3) is 0.625. The van der Waals surface area contributed by atoms with Crippen LogP contribution in [0.3, 0.4) is 0 Å². The fourth-order valence-electron chi connectivity index (χ4n) is 2.93. The zero-order valence-electron chi connectivity index (χ0n) is 12.0. The number of benzene rings is 1. The summed E-state index contributed by atoms with van der Waals surface area (Å²) in [4.78, 5) is 0. The van der Waals surface area contributed by atoms with Crippen LogP contribution >= 0.6 is 0 Å². The fourth-order valence-corrected chi connectivity index (χ4v) is 4.74. The molecule has 0 heterocycles. The Hall–Kier alpha value is -0.670. The lowest BCUT2D eigenvalue weighted by Gasteiger charge is -2.24. The molecule has 1 N–H and O–H groups in total.